The highest BCUT2D eigenvalue weighted by Gasteiger charge is 2.65. The van der Waals surface area contributed by atoms with Gasteiger partial charge in [-0.1, -0.05) is 51.1 Å². The van der Waals surface area contributed by atoms with E-state index in [2.05, 4.69) is 13.8 Å². The molecule has 1 aromatic rings. The van der Waals surface area contributed by atoms with Crippen molar-refractivity contribution in [2.75, 3.05) is 20.3 Å². The van der Waals surface area contributed by atoms with Crippen LogP contribution >= 0.6 is 0 Å². The molecule has 47 heavy (non-hydrogen) atoms. The van der Waals surface area contributed by atoms with Crippen LogP contribution < -0.4 is 0 Å². The number of hydrogen-bond acceptors (Lipinski definition) is 11. The van der Waals surface area contributed by atoms with E-state index in [-0.39, 0.29) is 24.0 Å². The lowest BCUT2D eigenvalue weighted by molar-refractivity contribution is -0.337. The van der Waals surface area contributed by atoms with Crippen molar-refractivity contribution >= 4 is 18.3 Å². The normalized spacial score (nSPS) is 43.8. The lowest BCUT2D eigenvalue weighted by Crippen LogP contribution is -2.67. The van der Waals surface area contributed by atoms with Crippen molar-refractivity contribution in [3.05, 3.63) is 42.0 Å². The van der Waals surface area contributed by atoms with Crippen molar-refractivity contribution in [3.8, 4) is 0 Å². The van der Waals surface area contributed by atoms with Crippen LogP contribution in [0.4, 0.5) is 0 Å². The van der Waals surface area contributed by atoms with E-state index in [1.807, 2.05) is 37.3 Å². The molecule has 0 spiro atoms. The molecule has 5 rings (SSSR count). The largest absolute Gasteiger partial charge is 0.459 e. The van der Waals surface area contributed by atoms with Crippen molar-refractivity contribution in [2.24, 2.45) is 34.5 Å². The summed E-state index contributed by atoms with van der Waals surface area (Å²) in [6, 6.07) is 9.49. The molecule has 11 nitrogen and oxygen atoms in total. The standard InChI is InChI=1S/C36H52O11/c1-21-18-27(47-34-31(42)30(41)29(40)26(20-38)46-34)36(3)24(19-37)11-12-25(45-28(39)13-10-22-8-6-5-7-9-22)32(36)35(21,2)16-14-23-15-17-44-33(23)43-4/h5-10,13,19,21,23-27,29-34,38,40-42H,11-12,14-18,20H2,1-4H3. The Balaban J connectivity index is 1.48. The number of carbonyl (C=O) groups is 2. The molecule has 14 unspecified atom stereocenters. The summed E-state index contributed by atoms with van der Waals surface area (Å²) in [5.74, 6) is -1.02. The number of hydrogen-bond donors (Lipinski definition) is 4. The van der Waals surface area contributed by atoms with E-state index in [9.17, 15) is 30.0 Å². The first kappa shape index (κ1) is 36.1. The van der Waals surface area contributed by atoms with Gasteiger partial charge in [0.05, 0.1) is 19.3 Å². The Bertz CT molecular complexity index is 1220. The molecular weight excluding hydrogens is 608 g/mol. The Hall–Kier alpha value is -2.22. The highest BCUT2D eigenvalue weighted by molar-refractivity contribution is 5.87. The summed E-state index contributed by atoms with van der Waals surface area (Å²) in [5, 5.41) is 41.5. The Kier molecular flexibility index (Phi) is 11.6. The quantitative estimate of drug-likeness (QED) is 0.157. The molecule has 4 N–H and O–H groups in total. The van der Waals surface area contributed by atoms with E-state index >= 15 is 0 Å². The summed E-state index contributed by atoms with van der Waals surface area (Å²) in [6.07, 6.45) is -0.570. The number of fused-ring (bicyclic) bond motifs is 1. The van der Waals surface area contributed by atoms with Crippen molar-refractivity contribution < 1.29 is 53.7 Å². The number of methoxy groups -OCH3 is 1. The van der Waals surface area contributed by atoms with Crippen LogP contribution in [-0.2, 0) is 33.3 Å². The predicted molar refractivity (Wildman–Crippen MR) is 170 cm³/mol. The smallest absolute Gasteiger partial charge is 0.331 e. The molecular formula is C36H52O11. The third kappa shape index (κ3) is 7.10. The molecule has 0 aromatic heterocycles. The molecule has 2 saturated heterocycles. The van der Waals surface area contributed by atoms with Gasteiger partial charge in [-0.05, 0) is 61.5 Å². The average molecular weight is 661 g/mol. The molecule has 1 aromatic carbocycles. The zero-order valence-electron chi connectivity index (χ0n) is 27.9. The van der Waals surface area contributed by atoms with Gasteiger partial charge in [0.2, 0.25) is 0 Å². The monoisotopic (exact) mass is 660 g/mol. The fraction of sp³-hybridized carbons (Fsp3) is 0.722. The van der Waals surface area contributed by atoms with Gasteiger partial charge >= 0.3 is 5.97 Å². The molecule has 4 aliphatic rings. The Morgan fingerprint density at radius 3 is 2.47 bits per heavy atom. The first-order valence-electron chi connectivity index (χ1n) is 17.0. The molecule has 2 saturated carbocycles. The zero-order valence-corrected chi connectivity index (χ0v) is 27.9. The summed E-state index contributed by atoms with van der Waals surface area (Å²) in [7, 11) is 1.65. The molecule has 2 aliphatic heterocycles. The van der Waals surface area contributed by atoms with Crippen LogP contribution in [0.2, 0.25) is 0 Å². The van der Waals surface area contributed by atoms with Crippen molar-refractivity contribution in [1.29, 1.82) is 0 Å². The maximum absolute atomic E-state index is 13.4. The minimum atomic E-state index is -1.60. The van der Waals surface area contributed by atoms with E-state index in [1.54, 1.807) is 13.2 Å². The van der Waals surface area contributed by atoms with E-state index in [0.717, 1.165) is 31.1 Å². The number of carbonyl (C=O) groups excluding carboxylic acids is 2. The highest BCUT2D eigenvalue weighted by Crippen LogP contribution is 2.64. The second kappa shape index (κ2) is 15.1. The first-order chi connectivity index (χ1) is 22.5. The fourth-order valence-electron chi connectivity index (χ4n) is 9.03. The zero-order chi connectivity index (χ0) is 33.9. The van der Waals surface area contributed by atoms with Gasteiger partial charge in [0.25, 0.3) is 0 Å². The van der Waals surface area contributed by atoms with Gasteiger partial charge in [-0.2, -0.15) is 0 Å². The predicted octanol–water partition coefficient (Wildman–Crippen LogP) is 2.86. The first-order valence-corrected chi connectivity index (χ1v) is 17.0. The Morgan fingerprint density at radius 1 is 1.04 bits per heavy atom. The number of aldehydes is 1. The van der Waals surface area contributed by atoms with Crippen LogP contribution in [0.15, 0.2) is 36.4 Å². The van der Waals surface area contributed by atoms with Gasteiger partial charge in [0.15, 0.2) is 12.6 Å². The Morgan fingerprint density at radius 2 is 1.79 bits per heavy atom. The molecule has 11 heteroatoms. The summed E-state index contributed by atoms with van der Waals surface area (Å²) >= 11 is 0. The van der Waals surface area contributed by atoms with Crippen molar-refractivity contribution in [1.82, 2.24) is 0 Å². The topological polar surface area (TPSA) is 161 Å². The number of benzene rings is 1. The summed E-state index contributed by atoms with van der Waals surface area (Å²) < 4.78 is 30.0. The van der Waals surface area contributed by atoms with E-state index < -0.39 is 72.2 Å². The molecule has 0 bridgehead atoms. The lowest BCUT2D eigenvalue weighted by Gasteiger charge is -2.64. The number of esters is 1. The average Bonchev–Trinajstić information content (AvgIpc) is 3.54. The van der Waals surface area contributed by atoms with Gasteiger partial charge in [-0.15, -0.1) is 0 Å². The number of aliphatic hydroxyl groups excluding tert-OH is 4. The maximum atomic E-state index is 13.4. The second-order valence-corrected chi connectivity index (χ2v) is 14.4. The van der Waals surface area contributed by atoms with E-state index in [1.165, 1.54) is 6.08 Å². The number of ether oxygens (including phenoxy) is 5. The minimum Gasteiger partial charge on any atom is -0.459 e. The summed E-state index contributed by atoms with van der Waals surface area (Å²) in [5.41, 5.74) is -0.392. The minimum absolute atomic E-state index is 0.0187. The van der Waals surface area contributed by atoms with Gasteiger partial charge in [0, 0.05) is 36.4 Å². The Labute approximate surface area is 277 Å². The lowest BCUT2D eigenvalue weighted by atomic mass is 9.43. The molecule has 262 valence electrons. The fourth-order valence-corrected chi connectivity index (χ4v) is 9.03. The number of rotatable bonds is 11. The van der Waals surface area contributed by atoms with E-state index in [0.29, 0.717) is 25.9 Å². The third-order valence-electron chi connectivity index (χ3n) is 11.9. The van der Waals surface area contributed by atoms with Crippen LogP contribution in [0.25, 0.3) is 6.08 Å². The van der Waals surface area contributed by atoms with Crippen molar-refractivity contribution in [2.45, 2.75) is 108 Å². The van der Waals surface area contributed by atoms with Crippen LogP contribution in [0.5, 0.6) is 0 Å². The molecule has 0 radical (unpaired) electrons. The van der Waals surface area contributed by atoms with Crippen LogP contribution in [0, 0.1) is 34.5 Å². The van der Waals surface area contributed by atoms with Gasteiger partial charge < -0.3 is 48.9 Å². The number of aliphatic hydroxyl groups is 4. The van der Waals surface area contributed by atoms with Gasteiger partial charge in [-0.3, -0.25) is 0 Å². The second-order valence-electron chi connectivity index (χ2n) is 14.4. The molecule has 2 aliphatic carbocycles. The molecule has 4 fully saturated rings. The highest BCUT2D eigenvalue weighted by atomic mass is 16.7. The van der Waals surface area contributed by atoms with Crippen LogP contribution in [0.1, 0.15) is 64.9 Å². The van der Waals surface area contributed by atoms with Crippen molar-refractivity contribution in [3.63, 3.8) is 0 Å². The molecule has 0 amide bonds. The van der Waals surface area contributed by atoms with Crippen LogP contribution in [-0.4, -0.2) is 102 Å². The summed E-state index contributed by atoms with van der Waals surface area (Å²) in [6.45, 7) is 6.42. The third-order valence-corrected chi connectivity index (χ3v) is 11.9. The maximum Gasteiger partial charge on any atom is 0.331 e. The molecule has 2 heterocycles. The van der Waals surface area contributed by atoms with E-state index in [4.69, 9.17) is 23.7 Å². The van der Waals surface area contributed by atoms with Gasteiger partial charge in [-0.25, -0.2) is 4.79 Å². The summed E-state index contributed by atoms with van der Waals surface area (Å²) in [4.78, 5) is 26.2. The van der Waals surface area contributed by atoms with Gasteiger partial charge in [0.1, 0.15) is 36.8 Å². The SMILES string of the molecule is COC1OCCC1CCC1(C)C(C)CC(OC2OC(CO)C(O)C(O)C2O)C2(C)C(C=O)CCC(OC(=O)C=Cc3ccccc3)C12. The molecule has 14 atom stereocenters. The van der Waals surface area contributed by atoms with Crippen LogP contribution in [0.3, 0.4) is 0 Å².